The van der Waals surface area contributed by atoms with Crippen LogP contribution in [-0.2, 0) is 12.3 Å². The molecular formula is C17H26FN3OS. The van der Waals surface area contributed by atoms with Gasteiger partial charge in [0, 0.05) is 31.9 Å². The van der Waals surface area contributed by atoms with Crippen LogP contribution in [0.25, 0.3) is 0 Å². The number of nitrogens with zero attached hydrogens (tertiary/aromatic N) is 2. The number of nitrogens with one attached hydrogen (secondary N) is 1. The van der Waals surface area contributed by atoms with E-state index >= 15 is 0 Å². The lowest BCUT2D eigenvalue weighted by molar-refractivity contribution is 0.205. The first kappa shape index (κ1) is 18.1. The van der Waals surface area contributed by atoms with Crippen molar-refractivity contribution in [2.45, 2.75) is 18.7 Å². The molecule has 0 bridgehead atoms. The van der Waals surface area contributed by atoms with Crippen molar-refractivity contribution in [1.29, 1.82) is 0 Å². The van der Waals surface area contributed by atoms with Crippen molar-refractivity contribution in [2.24, 2.45) is 5.92 Å². The number of hydrogen-bond donors (Lipinski definition) is 1. The molecule has 0 radical (unpaired) electrons. The van der Waals surface area contributed by atoms with Gasteiger partial charge >= 0.3 is 6.03 Å². The monoisotopic (exact) mass is 339 g/mol. The Labute approximate surface area is 142 Å². The van der Waals surface area contributed by atoms with Crippen LogP contribution >= 0.6 is 11.8 Å². The normalized spacial score (nSPS) is 17.8. The zero-order valence-electron chi connectivity index (χ0n) is 14.1. The highest BCUT2D eigenvalue weighted by Crippen LogP contribution is 2.18. The van der Waals surface area contributed by atoms with E-state index in [1.807, 2.05) is 11.2 Å². The van der Waals surface area contributed by atoms with Crippen LogP contribution in [0.15, 0.2) is 18.2 Å². The topological polar surface area (TPSA) is 35.6 Å². The number of carbonyl (C=O) groups excluding carboxylic acids is 1. The summed E-state index contributed by atoms with van der Waals surface area (Å²) in [5, 5.41) is 2.97. The predicted octanol–water partition coefficient (Wildman–Crippen LogP) is 2.78. The Bertz CT molecular complexity index is 539. The first-order valence-electron chi connectivity index (χ1n) is 7.93. The van der Waals surface area contributed by atoms with Crippen LogP contribution in [0.5, 0.6) is 0 Å². The molecule has 2 rings (SSSR count). The van der Waals surface area contributed by atoms with Crippen LogP contribution in [0.1, 0.15) is 17.5 Å². The van der Waals surface area contributed by atoms with Gasteiger partial charge in [0.25, 0.3) is 0 Å². The number of carbonyl (C=O) groups is 1. The number of hydrogen-bond acceptors (Lipinski definition) is 3. The highest BCUT2D eigenvalue weighted by molar-refractivity contribution is 7.97. The lowest BCUT2D eigenvalue weighted by Gasteiger charge is -2.19. The Morgan fingerprint density at radius 3 is 2.91 bits per heavy atom. The molecule has 1 aromatic rings. The fourth-order valence-electron chi connectivity index (χ4n) is 3.02. The lowest BCUT2D eigenvalue weighted by Crippen LogP contribution is -2.38. The van der Waals surface area contributed by atoms with Gasteiger partial charge in [0.2, 0.25) is 0 Å². The smallest absolute Gasteiger partial charge is 0.317 e. The third-order valence-electron chi connectivity index (χ3n) is 4.09. The number of likely N-dealkylation sites (tertiary alicyclic amines) is 1. The molecule has 1 aliphatic rings. The minimum atomic E-state index is -0.227. The summed E-state index contributed by atoms with van der Waals surface area (Å²) in [6.07, 6.45) is 3.04. The Kier molecular flexibility index (Phi) is 6.72. The van der Waals surface area contributed by atoms with Gasteiger partial charge in [-0.15, -0.1) is 0 Å². The second-order valence-electron chi connectivity index (χ2n) is 6.37. The summed E-state index contributed by atoms with van der Waals surface area (Å²) in [6, 6.07) is 4.75. The van der Waals surface area contributed by atoms with Crippen LogP contribution in [-0.4, -0.2) is 55.8 Å². The van der Waals surface area contributed by atoms with Crippen molar-refractivity contribution in [1.82, 2.24) is 15.1 Å². The molecule has 128 valence electrons. The standard InChI is InChI=1S/C17H26FN3OS/c1-20(2)10-13-6-7-21(11-13)17(22)19-9-14-4-5-16(18)8-15(14)12-23-3/h4-5,8,13H,6-7,9-12H2,1-3H3,(H,19,22)/t13-/m0/s1. The summed E-state index contributed by atoms with van der Waals surface area (Å²) in [5.74, 6) is 1.07. The second-order valence-corrected chi connectivity index (χ2v) is 7.23. The van der Waals surface area contributed by atoms with Crippen LogP contribution in [0, 0.1) is 11.7 Å². The average molecular weight is 339 g/mol. The SMILES string of the molecule is CSCc1cc(F)ccc1CNC(=O)N1CC[C@@H](CN(C)C)C1. The maximum Gasteiger partial charge on any atom is 0.317 e. The van der Waals surface area contributed by atoms with Crippen LogP contribution in [0.3, 0.4) is 0 Å². The maximum atomic E-state index is 13.4. The molecule has 1 fully saturated rings. The molecule has 0 aromatic heterocycles. The molecule has 1 heterocycles. The minimum absolute atomic E-state index is 0.0225. The summed E-state index contributed by atoms with van der Waals surface area (Å²) >= 11 is 1.65. The van der Waals surface area contributed by atoms with Gasteiger partial charge in [0.15, 0.2) is 0 Å². The fraction of sp³-hybridized carbons (Fsp3) is 0.588. The predicted molar refractivity (Wildman–Crippen MR) is 94.1 cm³/mol. The van der Waals surface area contributed by atoms with Gasteiger partial charge in [-0.05, 0) is 55.9 Å². The van der Waals surface area contributed by atoms with Gasteiger partial charge in [-0.2, -0.15) is 11.8 Å². The van der Waals surface area contributed by atoms with Crippen LogP contribution in [0.2, 0.25) is 0 Å². The van der Waals surface area contributed by atoms with Crippen molar-refractivity contribution >= 4 is 17.8 Å². The molecule has 0 saturated carbocycles. The fourth-order valence-corrected chi connectivity index (χ4v) is 3.60. The van der Waals surface area contributed by atoms with Gasteiger partial charge in [0.05, 0.1) is 0 Å². The number of benzene rings is 1. The highest BCUT2D eigenvalue weighted by atomic mass is 32.2. The summed E-state index contributed by atoms with van der Waals surface area (Å²) in [6.45, 7) is 3.08. The van der Waals surface area contributed by atoms with Gasteiger partial charge in [0.1, 0.15) is 5.82 Å². The molecule has 6 heteroatoms. The highest BCUT2D eigenvalue weighted by Gasteiger charge is 2.26. The molecule has 2 amide bonds. The van der Waals surface area contributed by atoms with Crippen molar-refractivity contribution in [3.8, 4) is 0 Å². The molecule has 1 saturated heterocycles. The molecule has 1 aliphatic heterocycles. The number of amides is 2. The quantitative estimate of drug-likeness (QED) is 0.866. The third-order valence-corrected chi connectivity index (χ3v) is 4.69. The largest absolute Gasteiger partial charge is 0.334 e. The number of urea groups is 1. The van der Waals surface area contributed by atoms with E-state index in [0.29, 0.717) is 12.5 Å². The van der Waals surface area contributed by atoms with E-state index in [4.69, 9.17) is 0 Å². The van der Waals surface area contributed by atoms with Gasteiger partial charge in [-0.25, -0.2) is 9.18 Å². The summed E-state index contributed by atoms with van der Waals surface area (Å²) in [5.41, 5.74) is 1.93. The van der Waals surface area contributed by atoms with E-state index in [9.17, 15) is 9.18 Å². The molecule has 4 nitrogen and oxygen atoms in total. The van der Waals surface area contributed by atoms with Gasteiger partial charge in [-0.1, -0.05) is 6.07 Å². The van der Waals surface area contributed by atoms with Crippen molar-refractivity contribution in [3.63, 3.8) is 0 Å². The van der Waals surface area contributed by atoms with E-state index in [1.54, 1.807) is 23.9 Å². The number of halogens is 1. The van der Waals surface area contributed by atoms with Crippen LogP contribution < -0.4 is 5.32 Å². The van der Waals surface area contributed by atoms with Crippen molar-refractivity contribution < 1.29 is 9.18 Å². The van der Waals surface area contributed by atoms with Gasteiger partial charge in [-0.3, -0.25) is 0 Å². The zero-order valence-corrected chi connectivity index (χ0v) is 15.0. The molecule has 1 N–H and O–H groups in total. The summed E-state index contributed by atoms with van der Waals surface area (Å²) < 4.78 is 13.4. The molecule has 0 spiro atoms. The Morgan fingerprint density at radius 2 is 2.22 bits per heavy atom. The summed E-state index contributed by atoms with van der Waals surface area (Å²) in [4.78, 5) is 16.4. The zero-order chi connectivity index (χ0) is 16.8. The Morgan fingerprint density at radius 1 is 1.43 bits per heavy atom. The number of thioether (sulfide) groups is 1. The van der Waals surface area contributed by atoms with E-state index in [1.165, 1.54) is 6.07 Å². The molecule has 1 aromatic carbocycles. The maximum absolute atomic E-state index is 13.4. The van der Waals surface area contributed by atoms with E-state index in [0.717, 1.165) is 42.9 Å². The Hall–Kier alpha value is -1.27. The second kappa shape index (κ2) is 8.55. The van der Waals surface area contributed by atoms with Crippen molar-refractivity contribution in [3.05, 3.63) is 35.1 Å². The van der Waals surface area contributed by atoms with Crippen LogP contribution in [0.4, 0.5) is 9.18 Å². The average Bonchev–Trinajstić information content (AvgIpc) is 2.94. The van der Waals surface area contributed by atoms with Crippen molar-refractivity contribution in [2.75, 3.05) is 40.0 Å². The molecule has 1 atom stereocenters. The first-order chi connectivity index (χ1) is 11.0. The Balaban J connectivity index is 1.87. The number of rotatable bonds is 6. The minimum Gasteiger partial charge on any atom is -0.334 e. The lowest BCUT2D eigenvalue weighted by atomic mass is 10.1. The van der Waals surface area contributed by atoms with E-state index in [-0.39, 0.29) is 11.8 Å². The first-order valence-corrected chi connectivity index (χ1v) is 9.32. The third kappa shape index (κ3) is 5.39. The van der Waals surface area contributed by atoms with E-state index in [2.05, 4.69) is 24.3 Å². The molecule has 23 heavy (non-hydrogen) atoms. The molecule has 0 unspecified atom stereocenters. The van der Waals surface area contributed by atoms with E-state index < -0.39 is 0 Å². The summed E-state index contributed by atoms with van der Waals surface area (Å²) in [7, 11) is 4.12. The van der Waals surface area contributed by atoms with Gasteiger partial charge < -0.3 is 15.1 Å². The molecular weight excluding hydrogens is 313 g/mol. The molecule has 0 aliphatic carbocycles.